The van der Waals surface area contributed by atoms with Gasteiger partial charge < -0.3 is 9.13 Å². The summed E-state index contributed by atoms with van der Waals surface area (Å²) >= 11 is 0. The maximum atomic E-state index is 14.8. The van der Waals surface area contributed by atoms with Gasteiger partial charge in [0.1, 0.15) is 0 Å². The highest BCUT2D eigenvalue weighted by Crippen LogP contribution is 2.32. The third-order valence-electron chi connectivity index (χ3n) is 14.5. The van der Waals surface area contributed by atoms with E-state index >= 15 is 0 Å². The lowest BCUT2D eigenvalue weighted by Gasteiger charge is -2.23. The predicted octanol–water partition coefficient (Wildman–Crippen LogP) is 18.2. The number of fused-ring (bicyclic) bond motifs is 4. The highest BCUT2D eigenvalue weighted by molar-refractivity contribution is 6.04. The molecule has 0 aliphatic rings. The zero-order valence-electron chi connectivity index (χ0n) is 42.5. The molecule has 0 radical (unpaired) electrons. The van der Waals surface area contributed by atoms with Gasteiger partial charge in [0, 0.05) is 34.6 Å². The Morgan fingerprint density at radius 1 is 0.328 bits per heavy atom. The van der Waals surface area contributed by atoms with Crippen LogP contribution in [0, 0.1) is 0 Å². The monoisotopic (exact) mass is 873 g/mol. The van der Waals surface area contributed by atoms with Crippen molar-refractivity contribution in [2.75, 3.05) is 0 Å². The SMILES string of the molecule is CCCCCCCCCCCCCCCCn1c2ccc(C(C)(C)C)cc2c(=O)c2cc3c(cc21)c(=O)c1cc(C(C)(C)C)ccc1n3CCCCCCCCCCCCCCCC. The molecule has 0 fully saturated rings. The Bertz CT molecular complexity index is 2130. The van der Waals surface area contributed by atoms with Crippen molar-refractivity contribution in [3.8, 4) is 0 Å². The molecular formula is C60H92N2O2. The first kappa shape index (κ1) is 51.6. The van der Waals surface area contributed by atoms with Crippen molar-refractivity contribution in [1.29, 1.82) is 0 Å². The van der Waals surface area contributed by atoms with E-state index in [9.17, 15) is 9.59 Å². The van der Waals surface area contributed by atoms with E-state index in [1.165, 1.54) is 178 Å². The third kappa shape index (κ3) is 14.8. The van der Waals surface area contributed by atoms with E-state index in [0.717, 1.165) is 69.5 Å². The maximum absolute atomic E-state index is 14.8. The molecule has 3 aromatic carbocycles. The number of nitrogens with zero attached hydrogens (tertiary/aromatic N) is 2. The second-order valence-electron chi connectivity index (χ2n) is 22.0. The molecule has 2 heterocycles. The Kier molecular flexibility index (Phi) is 21.0. The van der Waals surface area contributed by atoms with E-state index in [1.807, 2.05) is 0 Å². The molecule has 0 amide bonds. The van der Waals surface area contributed by atoms with Crippen LogP contribution < -0.4 is 10.9 Å². The fourth-order valence-electron chi connectivity index (χ4n) is 10.2. The quantitative estimate of drug-likeness (QED) is 0.0341. The number of benzene rings is 3. The molecule has 0 spiro atoms. The fraction of sp³-hybridized carbons (Fsp3) is 0.667. The maximum Gasteiger partial charge on any atom is 0.197 e. The van der Waals surface area contributed by atoms with Crippen molar-refractivity contribution in [2.45, 2.75) is 259 Å². The third-order valence-corrected chi connectivity index (χ3v) is 14.5. The second-order valence-corrected chi connectivity index (χ2v) is 22.0. The summed E-state index contributed by atoms with van der Waals surface area (Å²) in [5.41, 5.74) is 6.13. The number of hydrogen-bond acceptors (Lipinski definition) is 2. The highest BCUT2D eigenvalue weighted by Gasteiger charge is 2.21. The molecule has 354 valence electrons. The van der Waals surface area contributed by atoms with E-state index in [-0.39, 0.29) is 21.7 Å². The molecule has 64 heavy (non-hydrogen) atoms. The van der Waals surface area contributed by atoms with Gasteiger partial charge in [-0.15, -0.1) is 0 Å². The Morgan fingerprint density at radius 3 is 0.844 bits per heavy atom. The highest BCUT2D eigenvalue weighted by atomic mass is 16.1. The topological polar surface area (TPSA) is 44.0 Å². The minimum atomic E-state index is -0.0721. The standard InChI is InChI=1S/C60H92N2O2/c1-9-11-13-15-17-19-21-23-25-27-29-31-33-35-41-61-53-39-37-47(59(3,4)5)43-49(53)57(63)51-46-56-52(45-55(51)61)58(64)50-44-48(60(6,7)8)38-40-54(50)62(56)42-36-34-32-30-28-26-24-22-20-18-16-14-12-10-2/h37-40,43-46H,9-36,41-42H2,1-8H3. The first-order valence-corrected chi connectivity index (χ1v) is 27.0. The van der Waals surface area contributed by atoms with E-state index in [1.54, 1.807) is 0 Å². The molecule has 5 rings (SSSR count). The minimum Gasteiger partial charge on any atom is -0.340 e. The summed E-state index contributed by atoms with van der Waals surface area (Å²) in [7, 11) is 0. The van der Waals surface area contributed by atoms with E-state index in [0.29, 0.717) is 0 Å². The van der Waals surface area contributed by atoms with Crippen LogP contribution in [0.2, 0.25) is 0 Å². The summed E-state index contributed by atoms with van der Waals surface area (Å²) in [4.78, 5) is 29.6. The van der Waals surface area contributed by atoms with Gasteiger partial charge in [-0.2, -0.15) is 0 Å². The Balaban J connectivity index is 1.37. The second kappa shape index (κ2) is 26.1. The van der Waals surface area contributed by atoms with Crippen molar-refractivity contribution < 1.29 is 0 Å². The zero-order chi connectivity index (χ0) is 46.0. The summed E-state index contributed by atoms with van der Waals surface area (Å²) in [6, 6.07) is 17.3. The normalized spacial score (nSPS) is 12.5. The van der Waals surface area contributed by atoms with E-state index in [2.05, 4.69) is 113 Å². The average molecular weight is 873 g/mol. The molecule has 0 saturated heterocycles. The largest absolute Gasteiger partial charge is 0.340 e. The first-order valence-electron chi connectivity index (χ1n) is 27.0. The van der Waals surface area contributed by atoms with E-state index in [4.69, 9.17) is 0 Å². The molecule has 4 nitrogen and oxygen atoms in total. The van der Waals surface area contributed by atoms with Crippen LogP contribution in [0.15, 0.2) is 58.1 Å². The van der Waals surface area contributed by atoms with Gasteiger partial charge in [0.25, 0.3) is 0 Å². The van der Waals surface area contributed by atoms with Crippen LogP contribution >= 0.6 is 0 Å². The van der Waals surface area contributed by atoms with Gasteiger partial charge in [-0.25, -0.2) is 0 Å². The molecule has 2 aromatic heterocycles. The molecule has 0 saturated carbocycles. The summed E-state index contributed by atoms with van der Waals surface area (Å²) in [5.74, 6) is 0. The first-order chi connectivity index (χ1) is 30.9. The smallest absolute Gasteiger partial charge is 0.197 e. The van der Waals surface area contributed by atoms with Gasteiger partial charge >= 0.3 is 0 Å². The van der Waals surface area contributed by atoms with Crippen molar-refractivity contribution in [2.24, 2.45) is 0 Å². The number of aryl methyl sites for hydroxylation is 2. The Morgan fingerprint density at radius 2 is 0.578 bits per heavy atom. The molecule has 5 aromatic rings. The lowest BCUT2D eigenvalue weighted by atomic mass is 9.86. The molecule has 0 bridgehead atoms. The fourth-order valence-corrected chi connectivity index (χ4v) is 10.2. The number of aromatic nitrogens is 2. The summed E-state index contributed by atoms with van der Waals surface area (Å²) in [6.07, 6.45) is 37.1. The predicted molar refractivity (Wildman–Crippen MR) is 283 cm³/mol. The number of unbranched alkanes of at least 4 members (excludes halogenated alkanes) is 26. The van der Waals surface area contributed by atoms with Gasteiger partial charge in [-0.05, 0) is 71.2 Å². The Hall–Kier alpha value is -3.40. The lowest BCUT2D eigenvalue weighted by Crippen LogP contribution is -2.18. The average Bonchev–Trinajstić information content (AvgIpc) is 3.27. The minimum absolute atomic E-state index is 0.0721. The molecule has 0 aliphatic carbocycles. The number of pyridine rings is 2. The van der Waals surface area contributed by atoms with Crippen molar-refractivity contribution in [3.63, 3.8) is 0 Å². The van der Waals surface area contributed by atoms with Crippen LogP contribution in [0.3, 0.4) is 0 Å². The summed E-state index contributed by atoms with van der Waals surface area (Å²) < 4.78 is 4.76. The van der Waals surface area contributed by atoms with Gasteiger partial charge in [0.15, 0.2) is 10.9 Å². The Labute approximate surface area is 390 Å². The molecule has 4 heteroatoms. The molecular weight excluding hydrogens is 781 g/mol. The van der Waals surface area contributed by atoms with Crippen molar-refractivity contribution in [1.82, 2.24) is 9.13 Å². The molecule has 0 unspecified atom stereocenters. The van der Waals surface area contributed by atoms with Crippen LogP contribution in [-0.4, -0.2) is 9.13 Å². The molecule has 0 N–H and O–H groups in total. The van der Waals surface area contributed by atoms with Gasteiger partial charge in [0.05, 0.1) is 22.1 Å². The summed E-state index contributed by atoms with van der Waals surface area (Å²) in [5, 5.41) is 3.05. The van der Waals surface area contributed by atoms with Crippen LogP contribution in [0.25, 0.3) is 43.6 Å². The molecule has 0 aliphatic heterocycles. The van der Waals surface area contributed by atoms with Crippen molar-refractivity contribution >= 4 is 43.6 Å². The van der Waals surface area contributed by atoms with Gasteiger partial charge in [0.2, 0.25) is 0 Å². The van der Waals surface area contributed by atoms with Crippen LogP contribution in [-0.2, 0) is 23.9 Å². The summed E-state index contributed by atoms with van der Waals surface area (Å²) in [6.45, 7) is 19.6. The van der Waals surface area contributed by atoms with Crippen LogP contribution in [0.1, 0.15) is 246 Å². The lowest BCUT2D eigenvalue weighted by molar-refractivity contribution is 0.527. The van der Waals surface area contributed by atoms with Crippen molar-refractivity contribution in [3.05, 3.63) is 80.1 Å². The number of rotatable bonds is 30. The van der Waals surface area contributed by atoms with Gasteiger partial charge in [-0.3, -0.25) is 9.59 Å². The molecule has 0 atom stereocenters. The van der Waals surface area contributed by atoms with Crippen LogP contribution in [0.4, 0.5) is 0 Å². The van der Waals surface area contributed by atoms with Crippen LogP contribution in [0.5, 0.6) is 0 Å². The number of hydrogen-bond donors (Lipinski definition) is 0. The van der Waals surface area contributed by atoms with E-state index < -0.39 is 0 Å². The zero-order valence-corrected chi connectivity index (χ0v) is 42.5. The van der Waals surface area contributed by atoms with Gasteiger partial charge in [-0.1, -0.05) is 234 Å².